The van der Waals surface area contributed by atoms with Crippen molar-refractivity contribution in [1.82, 2.24) is 0 Å². The van der Waals surface area contributed by atoms with Crippen molar-refractivity contribution in [1.29, 1.82) is 0 Å². The molecule has 1 heterocycles. The topological polar surface area (TPSA) is 43.4 Å². The second kappa shape index (κ2) is 3.83. The maximum Gasteiger partial charge on any atom is 0.262 e. The summed E-state index contributed by atoms with van der Waals surface area (Å²) >= 11 is 11.0. The molecule has 0 aromatic heterocycles. The summed E-state index contributed by atoms with van der Waals surface area (Å²) in [5.41, 5.74) is 0.400. The van der Waals surface area contributed by atoms with Gasteiger partial charge in [0.1, 0.15) is 5.75 Å². The molecule has 15 heavy (non-hydrogen) atoms. The maximum absolute atomic E-state index is 11.6. The molecule has 1 aliphatic rings. The van der Waals surface area contributed by atoms with E-state index in [0.29, 0.717) is 16.3 Å². The number of halogens is 2. The number of hydrogen-bond acceptors (Lipinski definition) is 3. The predicted molar refractivity (Wildman–Crippen MR) is 55.7 cm³/mol. The van der Waals surface area contributed by atoms with Crippen LogP contribution in [0.25, 0.3) is 0 Å². The fourth-order valence-electron chi connectivity index (χ4n) is 1.42. The van der Waals surface area contributed by atoms with Crippen LogP contribution >= 0.6 is 23.2 Å². The van der Waals surface area contributed by atoms with Crippen LogP contribution in [-0.2, 0) is 4.79 Å². The SMILES string of the molecule is O=C1CC(C(=O)Cl)Oc2ccc(Cl)cc21. The van der Waals surface area contributed by atoms with Gasteiger partial charge in [-0.25, -0.2) is 0 Å². The summed E-state index contributed by atoms with van der Waals surface area (Å²) in [5, 5.41) is -0.203. The number of benzene rings is 1. The molecule has 78 valence electrons. The van der Waals surface area contributed by atoms with Gasteiger partial charge in [0.15, 0.2) is 11.9 Å². The number of Topliss-reactive ketones (excluding diaryl/α,β-unsaturated/α-hetero) is 1. The number of ether oxygens (including phenoxy) is 1. The molecule has 0 spiro atoms. The second-order valence-corrected chi connectivity index (χ2v) is 3.99. The molecule has 5 heteroatoms. The van der Waals surface area contributed by atoms with Gasteiger partial charge in [0.2, 0.25) is 0 Å². The van der Waals surface area contributed by atoms with E-state index in [1.54, 1.807) is 12.1 Å². The van der Waals surface area contributed by atoms with Crippen molar-refractivity contribution in [3.8, 4) is 5.75 Å². The molecule has 1 aromatic carbocycles. The Morgan fingerprint density at radius 3 is 2.87 bits per heavy atom. The minimum Gasteiger partial charge on any atom is -0.480 e. The van der Waals surface area contributed by atoms with Crippen molar-refractivity contribution < 1.29 is 14.3 Å². The van der Waals surface area contributed by atoms with Gasteiger partial charge >= 0.3 is 0 Å². The Morgan fingerprint density at radius 1 is 1.47 bits per heavy atom. The normalized spacial score (nSPS) is 19.3. The third kappa shape index (κ3) is 1.98. The summed E-state index contributed by atoms with van der Waals surface area (Å²) < 4.78 is 5.26. The van der Waals surface area contributed by atoms with Crippen LogP contribution in [0.3, 0.4) is 0 Å². The van der Waals surface area contributed by atoms with E-state index in [1.165, 1.54) is 6.07 Å². The molecule has 1 unspecified atom stereocenters. The van der Waals surface area contributed by atoms with Gasteiger partial charge in [-0.1, -0.05) is 11.6 Å². The van der Waals surface area contributed by atoms with Crippen molar-refractivity contribution in [2.24, 2.45) is 0 Å². The highest BCUT2D eigenvalue weighted by molar-refractivity contribution is 6.64. The molecule has 0 amide bonds. The van der Waals surface area contributed by atoms with E-state index in [4.69, 9.17) is 27.9 Å². The summed E-state index contributed by atoms with van der Waals surface area (Å²) in [6.07, 6.45) is -0.914. The van der Waals surface area contributed by atoms with Gasteiger partial charge in [0.25, 0.3) is 5.24 Å². The summed E-state index contributed by atoms with van der Waals surface area (Å²) in [6.45, 7) is 0. The fraction of sp³-hybridized carbons (Fsp3) is 0.200. The van der Waals surface area contributed by atoms with Crippen molar-refractivity contribution >= 4 is 34.2 Å². The van der Waals surface area contributed by atoms with Crippen molar-refractivity contribution in [2.75, 3.05) is 0 Å². The van der Waals surface area contributed by atoms with Crippen LogP contribution in [0.2, 0.25) is 5.02 Å². The first-order valence-corrected chi connectivity index (χ1v) is 5.02. The van der Waals surface area contributed by atoms with Gasteiger partial charge in [-0.3, -0.25) is 9.59 Å². The molecule has 1 aliphatic heterocycles. The maximum atomic E-state index is 11.6. The van der Waals surface area contributed by atoms with Crippen LogP contribution in [0.15, 0.2) is 18.2 Å². The summed E-state index contributed by atoms with van der Waals surface area (Å²) in [7, 11) is 0. The van der Waals surface area contributed by atoms with Crippen LogP contribution in [-0.4, -0.2) is 17.1 Å². The van der Waals surface area contributed by atoms with Crippen LogP contribution in [0, 0.1) is 0 Å². The molecule has 3 nitrogen and oxygen atoms in total. The molecule has 1 aromatic rings. The number of carbonyl (C=O) groups is 2. The van der Waals surface area contributed by atoms with Crippen molar-refractivity contribution in [2.45, 2.75) is 12.5 Å². The van der Waals surface area contributed by atoms with Crippen LogP contribution in [0.1, 0.15) is 16.8 Å². The molecule has 2 rings (SSSR count). The molecule has 0 saturated carbocycles. The average molecular weight is 245 g/mol. The van der Waals surface area contributed by atoms with E-state index in [2.05, 4.69) is 0 Å². The molecule has 0 aliphatic carbocycles. The van der Waals surface area contributed by atoms with E-state index in [-0.39, 0.29) is 12.2 Å². The average Bonchev–Trinajstić information content (AvgIpc) is 2.18. The largest absolute Gasteiger partial charge is 0.480 e. The monoisotopic (exact) mass is 244 g/mol. The predicted octanol–water partition coefficient (Wildman–Crippen LogP) is 2.44. The van der Waals surface area contributed by atoms with Gasteiger partial charge in [-0.15, -0.1) is 0 Å². The van der Waals surface area contributed by atoms with E-state index in [0.717, 1.165) is 0 Å². The number of carbonyl (C=O) groups excluding carboxylic acids is 2. The third-order valence-electron chi connectivity index (χ3n) is 2.14. The molecule has 0 radical (unpaired) electrons. The Bertz CT molecular complexity index is 442. The highest BCUT2D eigenvalue weighted by Crippen LogP contribution is 2.30. The van der Waals surface area contributed by atoms with E-state index >= 15 is 0 Å². The Labute approximate surface area is 95.9 Å². The van der Waals surface area contributed by atoms with Gasteiger partial charge in [-0.2, -0.15) is 0 Å². The van der Waals surface area contributed by atoms with Crippen LogP contribution in [0.5, 0.6) is 5.75 Å². The number of rotatable bonds is 1. The van der Waals surface area contributed by atoms with E-state index in [9.17, 15) is 9.59 Å². The molecule has 0 saturated heterocycles. The van der Waals surface area contributed by atoms with Crippen LogP contribution in [0.4, 0.5) is 0 Å². The van der Waals surface area contributed by atoms with Crippen LogP contribution < -0.4 is 4.74 Å². The Balaban J connectivity index is 2.41. The van der Waals surface area contributed by atoms with E-state index < -0.39 is 11.3 Å². The first-order chi connectivity index (χ1) is 7.08. The zero-order chi connectivity index (χ0) is 11.0. The van der Waals surface area contributed by atoms with Crippen molar-refractivity contribution in [3.05, 3.63) is 28.8 Å². The standard InChI is InChI=1S/C10H6Cl2O3/c11-5-1-2-8-6(3-5)7(13)4-9(15-8)10(12)14/h1-3,9H,4H2. The molecule has 0 bridgehead atoms. The molecule has 0 fully saturated rings. The zero-order valence-corrected chi connectivity index (χ0v) is 9.01. The number of ketones is 1. The minimum atomic E-state index is -0.882. The van der Waals surface area contributed by atoms with Gasteiger partial charge < -0.3 is 4.74 Å². The zero-order valence-electron chi connectivity index (χ0n) is 7.50. The number of fused-ring (bicyclic) bond motifs is 1. The minimum absolute atomic E-state index is 0.0321. The first-order valence-electron chi connectivity index (χ1n) is 4.26. The van der Waals surface area contributed by atoms with E-state index in [1.807, 2.05) is 0 Å². The van der Waals surface area contributed by atoms with Gasteiger partial charge in [0, 0.05) is 5.02 Å². The van der Waals surface area contributed by atoms with Crippen molar-refractivity contribution in [3.63, 3.8) is 0 Å². The van der Waals surface area contributed by atoms with Gasteiger partial charge in [-0.05, 0) is 29.8 Å². The Kier molecular flexibility index (Phi) is 2.67. The Hall–Kier alpha value is -1.06. The fourth-order valence-corrected chi connectivity index (χ4v) is 1.72. The summed E-state index contributed by atoms with van der Waals surface area (Å²) in [5.74, 6) is 0.174. The summed E-state index contributed by atoms with van der Waals surface area (Å²) in [6, 6.07) is 4.67. The summed E-state index contributed by atoms with van der Waals surface area (Å²) in [4.78, 5) is 22.5. The number of hydrogen-bond donors (Lipinski definition) is 0. The lowest BCUT2D eigenvalue weighted by atomic mass is 10.0. The molecular weight excluding hydrogens is 239 g/mol. The Morgan fingerprint density at radius 2 is 2.20 bits per heavy atom. The first kappa shape index (κ1) is 10.5. The second-order valence-electron chi connectivity index (χ2n) is 3.18. The lowest BCUT2D eigenvalue weighted by Gasteiger charge is -2.22. The lowest BCUT2D eigenvalue weighted by molar-refractivity contribution is -0.118. The highest BCUT2D eigenvalue weighted by Gasteiger charge is 2.30. The third-order valence-corrected chi connectivity index (χ3v) is 2.61. The molecule has 0 N–H and O–H groups in total. The highest BCUT2D eigenvalue weighted by atomic mass is 35.5. The molecular formula is C10H6Cl2O3. The lowest BCUT2D eigenvalue weighted by Crippen LogP contribution is -2.31. The van der Waals surface area contributed by atoms with Gasteiger partial charge in [0.05, 0.1) is 12.0 Å². The molecule has 1 atom stereocenters. The quantitative estimate of drug-likeness (QED) is 0.713. The smallest absolute Gasteiger partial charge is 0.262 e.